The number of benzene rings is 1. The van der Waals surface area contributed by atoms with E-state index in [1.807, 2.05) is 18.2 Å². The maximum absolute atomic E-state index is 3.91. The van der Waals surface area contributed by atoms with Crippen molar-refractivity contribution in [2.24, 2.45) is 0 Å². The molecule has 0 aromatic heterocycles. The molecular formula is C8H12IN. The first-order valence-electron chi connectivity index (χ1n) is 3.18. The summed E-state index contributed by atoms with van der Waals surface area (Å²) in [5, 5.41) is 0. The SMILES string of the molecule is CC([NH3+])c1ccccc1.[I-]. The molecule has 10 heavy (non-hydrogen) atoms. The average Bonchev–Trinajstić information content (AvgIpc) is 1.90. The zero-order valence-corrected chi connectivity index (χ0v) is 8.21. The lowest BCUT2D eigenvalue weighted by Gasteiger charge is -1.98. The number of quaternary nitrogens is 1. The summed E-state index contributed by atoms with van der Waals surface area (Å²) >= 11 is 0. The van der Waals surface area contributed by atoms with E-state index in [1.54, 1.807) is 0 Å². The predicted molar refractivity (Wildman–Crippen MR) is 37.7 cm³/mol. The molecule has 3 N–H and O–H groups in total. The monoisotopic (exact) mass is 249 g/mol. The van der Waals surface area contributed by atoms with E-state index in [0.29, 0.717) is 6.04 Å². The van der Waals surface area contributed by atoms with Gasteiger partial charge in [0.05, 0.1) is 0 Å². The van der Waals surface area contributed by atoms with Crippen LogP contribution in [0.25, 0.3) is 0 Å². The molecule has 0 heterocycles. The standard InChI is InChI=1S/C8H11N.HI/c1-7(9)8-5-3-2-4-6-8;/h2-7H,9H2,1H3;1H. The lowest BCUT2D eigenvalue weighted by Crippen LogP contribution is -3.00. The van der Waals surface area contributed by atoms with Crippen molar-refractivity contribution in [2.45, 2.75) is 13.0 Å². The van der Waals surface area contributed by atoms with Gasteiger partial charge in [-0.15, -0.1) is 0 Å². The largest absolute Gasteiger partial charge is 1.00 e. The van der Waals surface area contributed by atoms with Gasteiger partial charge in [-0.05, 0) is 6.92 Å². The summed E-state index contributed by atoms with van der Waals surface area (Å²) < 4.78 is 0. The molecule has 0 aliphatic heterocycles. The molecule has 1 unspecified atom stereocenters. The van der Waals surface area contributed by atoms with Crippen LogP contribution in [-0.2, 0) is 0 Å². The predicted octanol–water partition coefficient (Wildman–Crippen LogP) is -2.01. The van der Waals surface area contributed by atoms with Gasteiger partial charge in [0.1, 0.15) is 6.04 Å². The van der Waals surface area contributed by atoms with Gasteiger partial charge in [-0.1, -0.05) is 30.3 Å². The highest BCUT2D eigenvalue weighted by molar-refractivity contribution is 5.15. The van der Waals surface area contributed by atoms with Gasteiger partial charge in [-0.25, -0.2) is 0 Å². The summed E-state index contributed by atoms with van der Waals surface area (Å²) in [6, 6.07) is 10.7. The highest BCUT2D eigenvalue weighted by Gasteiger charge is 1.97. The molecule has 0 radical (unpaired) electrons. The molecule has 1 nitrogen and oxygen atoms in total. The number of halogens is 1. The molecule has 0 bridgehead atoms. The molecule has 2 heteroatoms. The molecule has 0 aliphatic carbocycles. The van der Waals surface area contributed by atoms with Gasteiger partial charge in [0, 0.05) is 5.56 Å². The third kappa shape index (κ3) is 2.66. The second-order valence-corrected chi connectivity index (χ2v) is 2.31. The van der Waals surface area contributed by atoms with E-state index in [4.69, 9.17) is 0 Å². The van der Waals surface area contributed by atoms with Crippen molar-refractivity contribution in [1.29, 1.82) is 0 Å². The smallest absolute Gasteiger partial charge is 0.107 e. The Hall–Kier alpha value is -0.0900. The van der Waals surface area contributed by atoms with E-state index in [9.17, 15) is 0 Å². The third-order valence-corrected chi connectivity index (χ3v) is 1.37. The Morgan fingerprint density at radius 3 is 2.00 bits per heavy atom. The Bertz CT molecular complexity index is 172. The Kier molecular flexibility index (Phi) is 4.64. The molecule has 0 amide bonds. The minimum atomic E-state index is 0. The van der Waals surface area contributed by atoms with Crippen LogP contribution < -0.4 is 29.7 Å². The van der Waals surface area contributed by atoms with Crippen LogP contribution in [0.3, 0.4) is 0 Å². The van der Waals surface area contributed by atoms with Gasteiger partial charge in [0.2, 0.25) is 0 Å². The first-order chi connectivity index (χ1) is 4.30. The van der Waals surface area contributed by atoms with Crippen LogP contribution >= 0.6 is 0 Å². The molecule has 0 spiro atoms. The van der Waals surface area contributed by atoms with Crippen molar-refractivity contribution in [3.63, 3.8) is 0 Å². The highest BCUT2D eigenvalue weighted by Crippen LogP contribution is 2.04. The lowest BCUT2D eigenvalue weighted by molar-refractivity contribution is -0.420. The molecule has 1 aromatic carbocycles. The van der Waals surface area contributed by atoms with Crippen molar-refractivity contribution in [1.82, 2.24) is 0 Å². The number of rotatable bonds is 1. The second kappa shape index (κ2) is 4.68. The minimum absolute atomic E-state index is 0. The van der Waals surface area contributed by atoms with Crippen molar-refractivity contribution in [2.75, 3.05) is 0 Å². The summed E-state index contributed by atoms with van der Waals surface area (Å²) in [6.07, 6.45) is 0. The van der Waals surface area contributed by atoms with Crippen LogP contribution in [0.5, 0.6) is 0 Å². The topological polar surface area (TPSA) is 27.6 Å². The first-order valence-corrected chi connectivity index (χ1v) is 3.18. The Morgan fingerprint density at radius 1 is 1.20 bits per heavy atom. The highest BCUT2D eigenvalue weighted by atomic mass is 127. The summed E-state index contributed by atoms with van der Waals surface area (Å²) in [5.41, 5.74) is 5.21. The molecule has 1 atom stereocenters. The Labute approximate surface area is 78.6 Å². The van der Waals surface area contributed by atoms with E-state index in [0.717, 1.165) is 0 Å². The summed E-state index contributed by atoms with van der Waals surface area (Å²) in [6.45, 7) is 2.09. The summed E-state index contributed by atoms with van der Waals surface area (Å²) in [5.74, 6) is 0. The minimum Gasteiger partial charge on any atom is -1.00 e. The van der Waals surface area contributed by atoms with E-state index in [2.05, 4.69) is 24.8 Å². The molecule has 1 rings (SSSR count). The van der Waals surface area contributed by atoms with Crippen LogP contribution in [0.1, 0.15) is 18.5 Å². The van der Waals surface area contributed by atoms with Crippen LogP contribution in [0.4, 0.5) is 0 Å². The normalized spacial score (nSPS) is 11.8. The van der Waals surface area contributed by atoms with E-state index in [-0.39, 0.29) is 24.0 Å². The van der Waals surface area contributed by atoms with Gasteiger partial charge in [-0.2, -0.15) is 0 Å². The molecule has 0 fully saturated rings. The molecule has 0 saturated carbocycles. The lowest BCUT2D eigenvalue weighted by atomic mass is 10.1. The maximum atomic E-state index is 3.91. The van der Waals surface area contributed by atoms with E-state index in [1.165, 1.54) is 5.56 Å². The zero-order chi connectivity index (χ0) is 6.69. The fourth-order valence-corrected chi connectivity index (χ4v) is 0.782. The van der Waals surface area contributed by atoms with Crippen LogP contribution in [0, 0.1) is 0 Å². The number of hydrogen-bond donors (Lipinski definition) is 1. The fourth-order valence-electron chi connectivity index (χ4n) is 0.782. The number of hydrogen-bond acceptors (Lipinski definition) is 0. The van der Waals surface area contributed by atoms with E-state index >= 15 is 0 Å². The third-order valence-electron chi connectivity index (χ3n) is 1.37. The Morgan fingerprint density at radius 2 is 1.70 bits per heavy atom. The van der Waals surface area contributed by atoms with Gasteiger partial charge in [0.25, 0.3) is 0 Å². The van der Waals surface area contributed by atoms with Crippen molar-refractivity contribution < 1.29 is 29.7 Å². The average molecular weight is 249 g/mol. The molecule has 0 aliphatic rings. The summed E-state index contributed by atoms with van der Waals surface area (Å²) in [4.78, 5) is 0. The van der Waals surface area contributed by atoms with Crippen molar-refractivity contribution >= 4 is 0 Å². The van der Waals surface area contributed by atoms with Crippen LogP contribution in [0.15, 0.2) is 30.3 Å². The van der Waals surface area contributed by atoms with Gasteiger partial charge < -0.3 is 29.7 Å². The van der Waals surface area contributed by atoms with Crippen molar-refractivity contribution in [3.05, 3.63) is 35.9 Å². The molecule has 0 saturated heterocycles. The van der Waals surface area contributed by atoms with E-state index < -0.39 is 0 Å². The molecule has 1 aromatic rings. The zero-order valence-electron chi connectivity index (χ0n) is 6.05. The van der Waals surface area contributed by atoms with Gasteiger partial charge >= 0.3 is 0 Å². The van der Waals surface area contributed by atoms with Gasteiger partial charge in [0.15, 0.2) is 0 Å². The Balaban J connectivity index is 0.000000810. The maximum Gasteiger partial charge on any atom is 0.107 e. The molecule has 56 valence electrons. The first kappa shape index (κ1) is 9.91. The van der Waals surface area contributed by atoms with Crippen molar-refractivity contribution in [3.8, 4) is 0 Å². The summed E-state index contributed by atoms with van der Waals surface area (Å²) in [7, 11) is 0. The van der Waals surface area contributed by atoms with Crippen LogP contribution in [0.2, 0.25) is 0 Å². The molecular weight excluding hydrogens is 237 g/mol. The second-order valence-electron chi connectivity index (χ2n) is 2.31. The van der Waals surface area contributed by atoms with Crippen LogP contribution in [-0.4, -0.2) is 0 Å². The quantitative estimate of drug-likeness (QED) is 0.557. The fraction of sp³-hybridized carbons (Fsp3) is 0.250. The van der Waals surface area contributed by atoms with Gasteiger partial charge in [-0.3, -0.25) is 0 Å².